The van der Waals surface area contributed by atoms with E-state index in [1.165, 1.54) is 116 Å². The van der Waals surface area contributed by atoms with E-state index in [4.69, 9.17) is 0 Å². The Balaban J connectivity index is 2.17. The lowest BCUT2D eigenvalue weighted by molar-refractivity contribution is -0.704. The van der Waals surface area contributed by atoms with Crippen LogP contribution in [-0.4, -0.2) is 4.57 Å². The van der Waals surface area contributed by atoms with Crippen molar-refractivity contribution >= 4 is 0 Å². The number of imidazole rings is 1. The maximum atomic E-state index is 2.54. The SMILES string of the molecule is CCCCCCCCCCCCCCc1n(C(C)C)cc[n+]1CCCCCC. The average Bonchev–Trinajstić information content (AvgIpc) is 3.09. The van der Waals surface area contributed by atoms with Gasteiger partial charge >= 0.3 is 0 Å². The molecule has 0 saturated carbocycles. The Morgan fingerprint density at radius 3 is 1.64 bits per heavy atom. The third kappa shape index (κ3) is 11.3. The van der Waals surface area contributed by atoms with Crippen molar-refractivity contribution in [3.05, 3.63) is 18.2 Å². The molecule has 0 aliphatic carbocycles. The van der Waals surface area contributed by atoms with Gasteiger partial charge in [-0.2, -0.15) is 0 Å². The molecule has 28 heavy (non-hydrogen) atoms. The van der Waals surface area contributed by atoms with Gasteiger partial charge in [-0.3, -0.25) is 0 Å². The Morgan fingerprint density at radius 2 is 1.14 bits per heavy atom. The first-order chi connectivity index (χ1) is 13.7. The Morgan fingerprint density at radius 1 is 0.679 bits per heavy atom. The molecule has 0 radical (unpaired) electrons. The summed E-state index contributed by atoms with van der Waals surface area (Å²) in [6, 6.07) is 0.573. The van der Waals surface area contributed by atoms with Gasteiger partial charge in [0.05, 0.1) is 12.6 Å². The molecule has 1 aromatic heterocycles. The summed E-state index contributed by atoms with van der Waals surface area (Å²) in [5.41, 5.74) is 0. The Hall–Kier alpha value is -0.790. The highest BCUT2D eigenvalue weighted by molar-refractivity contribution is 4.86. The summed E-state index contributed by atoms with van der Waals surface area (Å²) in [6.45, 7) is 10.4. The number of nitrogens with zero attached hydrogens (tertiary/aromatic N) is 2. The van der Waals surface area contributed by atoms with Crippen LogP contribution in [0.25, 0.3) is 0 Å². The van der Waals surface area contributed by atoms with Gasteiger partial charge in [-0.15, -0.1) is 0 Å². The molecule has 1 heterocycles. The van der Waals surface area contributed by atoms with E-state index in [1.807, 2.05) is 0 Å². The van der Waals surface area contributed by atoms with Crippen LogP contribution in [0.2, 0.25) is 0 Å². The second kappa shape index (κ2) is 17.1. The minimum Gasteiger partial charge on any atom is -0.234 e. The first-order valence-electron chi connectivity index (χ1n) is 12.8. The first-order valence-corrected chi connectivity index (χ1v) is 12.8. The van der Waals surface area contributed by atoms with E-state index in [0.29, 0.717) is 6.04 Å². The zero-order valence-corrected chi connectivity index (χ0v) is 19.9. The minimum absolute atomic E-state index is 0.573. The van der Waals surface area contributed by atoms with Crippen molar-refractivity contribution in [1.29, 1.82) is 0 Å². The summed E-state index contributed by atoms with van der Waals surface area (Å²) >= 11 is 0. The van der Waals surface area contributed by atoms with Gasteiger partial charge in [-0.05, 0) is 33.1 Å². The topological polar surface area (TPSA) is 8.81 Å². The van der Waals surface area contributed by atoms with Crippen molar-refractivity contribution in [2.45, 2.75) is 149 Å². The van der Waals surface area contributed by atoms with Gasteiger partial charge in [-0.25, -0.2) is 9.13 Å². The monoisotopic (exact) mass is 391 g/mol. The molecular weight excluding hydrogens is 340 g/mol. The van der Waals surface area contributed by atoms with E-state index in [0.717, 1.165) is 0 Å². The zero-order chi connectivity index (χ0) is 20.5. The standard InChI is InChI=1S/C26H51N2/c1-5-7-9-11-12-13-14-15-16-17-18-19-21-26-27(22-20-10-8-6-2)23-24-28(26)25(3)4/h23-25H,5-22H2,1-4H3/q+1. The number of rotatable bonds is 19. The maximum Gasteiger partial charge on any atom is 0.256 e. The molecule has 0 amide bonds. The van der Waals surface area contributed by atoms with E-state index in [-0.39, 0.29) is 0 Å². The molecule has 0 N–H and O–H groups in total. The van der Waals surface area contributed by atoms with Crippen LogP contribution in [0.15, 0.2) is 12.4 Å². The molecule has 0 aromatic carbocycles. The second-order valence-corrected chi connectivity index (χ2v) is 9.11. The Kier molecular flexibility index (Phi) is 15.4. The van der Waals surface area contributed by atoms with Crippen molar-refractivity contribution in [1.82, 2.24) is 4.57 Å². The fraction of sp³-hybridized carbons (Fsp3) is 0.885. The van der Waals surface area contributed by atoms with Crippen LogP contribution in [0.4, 0.5) is 0 Å². The van der Waals surface area contributed by atoms with Gasteiger partial charge in [-0.1, -0.05) is 97.3 Å². The van der Waals surface area contributed by atoms with Gasteiger partial charge in [0, 0.05) is 6.42 Å². The van der Waals surface area contributed by atoms with E-state index < -0.39 is 0 Å². The van der Waals surface area contributed by atoms with Gasteiger partial charge in [0.1, 0.15) is 12.4 Å². The van der Waals surface area contributed by atoms with Crippen molar-refractivity contribution in [2.75, 3.05) is 0 Å². The smallest absolute Gasteiger partial charge is 0.234 e. The van der Waals surface area contributed by atoms with Crippen LogP contribution in [0.5, 0.6) is 0 Å². The predicted octanol–water partition coefficient (Wildman–Crippen LogP) is 8.18. The number of unbranched alkanes of at least 4 members (excludes halogenated alkanes) is 14. The Bertz CT molecular complexity index is 461. The third-order valence-electron chi connectivity index (χ3n) is 6.10. The minimum atomic E-state index is 0.573. The summed E-state index contributed by atoms with van der Waals surface area (Å²) in [7, 11) is 0. The van der Waals surface area contributed by atoms with Gasteiger partial charge < -0.3 is 0 Å². The van der Waals surface area contributed by atoms with E-state index in [9.17, 15) is 0 Å². The normalized spacial score (nSPS) is 11.6. The highest BCUT2D eigenvalue weighted by Gasteiger charge is 2.18. The van der Waals surface area contributed by atoms with Crippen LogP contribution in [0.1, 0.15) is 142 Å². The molecule has 0 unspecified atom stereocenters. The van der Waals surface area contributed by atoms with Gasteiger partial charge in [0.15, 0.2) is 0 Å². The van der Waals surface area contributed by atoms with Crippen LogP contribution in [0, 0.1) is 0 Å². The van der Waals surface area contributed by atoms with Crippen molar-refractivity contribution < 1.29 is 4.57 Å². The van der Waals surface area contributed by atoms with Crippen LogP contribution >= 0.6 is 0 Å². The predicted molar refractivity (Wildman–Crippen MR) is 124 cm³/mol. The van der Waals surface area contributed by atoms with E-state index in [2.05, 4.69) is 49.2 Å². The lowest BCUT2D eigenvalue weighted by atomic mass is 10.0. The van der Waals surface area contributed by atoms with Gasteiger partial charge in [0.25, 0.3) is 5.82 Å². The van der Waals surface area contributed by atoms with E-state index >= 15 is 0 Å². The third-order valence-corrected chi connectivity index (χ3v) is 6.10. The molecule has 0 atom stereocenters. The molecule has 0 aliphatic heterocycles. The molecule has 0 fully saturated rings. The molecule has 1 rings (SSSR count). The van der Waals surface area contributed by atoms with Crippen LogP contribution in [0.3, 0.4) is 0 Å². The van der Waals surface area contributed by atoms with E-state index in [1.54, 1.807) is 5.82 Å². The molecule has 164 valence electrons. The van der Waals surface area contributed by atoms with Crippen molar-refractivity contribution in [3.8, 4) is 0 Å². The molecule has 2 heteroatoms. The molecular formula is C26H51N2+. The number of aryl methyl sites for hydroxylation is 1. The molecule has 0 bridgehead atoms. The fourth-order valence-electron chi connectivity index (χ4n) is 4.25. The van der Waals surface area contributed by atoms with Crippen molar-refractivity contribution in [3.63, 3.8) is 0 Å². The quantitative estimate of drug-likeness (QED) is 0.166. The Labute approximate surface area is 177 Å². The average molecular weight is 392 g/mol. The van der Waals surface area contributed by atoms with Crippen molar-refractivity contribution in [2.24, 2.45) is 0 Å². The summed E-state index contributed by atoms with van der Waals surface area (Å²) in [6.07, 6.45) is 28.4. The molecule has 0 spiro atoms. The summed E-state index contributed by atoms with van der Waals surface area (Å²) in [5, 5.41) is 0. The largest absolute Gasteiger partial charge is 0.256 e. The highest BCUT2D eigenvalue weighted by atomic mass is 15.2. The van der Waals surface area contributed by atoms with Gasteiger partial charge in [0.2, 0.25) is 0 Å². The zero-order valence-electron chi connectivity index (χ0n) is 19.9. The fourth-order valence-corrected chi connectivity index (χ4v) is 4.25. The molecule has 0 aliphatic rings. The van der Waals surface area contributed by atoms with Crippen LogP contribution < -0.4 is 4.57 Å². The summed E-state index contributed by atoms with van der Waals surface area (Å²) in [5.74, 6) is 1.55. The summed E-state index contributed by atoms with van der Waals surface area (Å²) in [4.78, 5) is 0. The second-order valence-electron chi connectivity index (χ2n) is 9.11. The number of aromatic nitrogens is 2. The lowest BCUT2D eigenvalue weighted by Gasteiger charge is -2.08. The van der Waals surface area contributed by atoms with Crippen LogP contribution in [-0.2, 0) is 13.0 Å². The highest BCUT2D eigenvalue weighted by Crippen LogP contribution is 2.14. The maximum absolute atomic E-state index is 2.54. The lowest BCUT2D eigenvalue weighted by Crippen LogP contribution is -2.37. The number of hydrogen-bond donors (Lipinski definition) is 0. The molecule has 2 nitrogen and oxygen atoms in total. The number of hydrogen-bond acceptors (Lipinski definition) is 0. The molecule has 1 aromatic rings. The molecule has 0 saturated heterocycles. The summed E-state index contributed by atoms with van der Waals surface area (Å²) < 4.78 is 5.03. The first kappa shape index (κ1) is 25.2.